The van der Waals surface area contributed by atoms with Crippen molar-refractivity contribution in [2.45, 2.75) is 31.0 Å². The third-order valence-corrected chi connectivity index (χ3v) is 4.32. The van der Waals surface area contributed by atoms with Crippen molar-refractivity contribution in [2.75, 3.05) is 6.61 Å². The number of nitrogens with zero attached hydrogens (tertiary/aromatic N) is 1. The van der Waals surface area contributed by atoms with Crippen LogP contribution in [0.2, 0.25) is 0 Å². The summed E-state index contributed by atoms with van der Waals surface area (Å²) in [5.41, 5.74) is 0.753. The largest absolute Gasteiger partial charge is 0.447 e. The van der Waals surface area contributed by atoms with Crippen LogP contribution in [0.1, 0.15) is 23.6 Å². The second-order valence-electron chi connectivity index (χ2n) is 6.11. The van der Waals surface area contributed by atoms with E-state index in [1.165, 1.54) is 18.3 Å². The first kappa shape index (κ1) is 18.0. The Morgan fingerprint density at radius 3 is 2.58 bits per heavy atom. The molecule has 0 aliphatic carbocycles. The fourth-order valence-electron chi connectivity index (χ4n) is 3.04. The summed E-state index contributed by atoms with van der Waals surface area (Å²) in [5, 5.41) is 0. The minimum absolute atomic E-state index is 0.0291. The van der Waals surface area contributed by atoms with E-state index in [1.54, 1.807) is 0 Å². The number of halogens is 3. The average Bonchev–Trinajstić information content (AvgIpc) is 3.23. The van der Waals surface area contributed by atoms with E-state index >= 15 is 0 Å². The quantitative estimate of drug-likeness (QED) is 0.879. The van der Waals surface area contributed by atoms with E-state index in [-0.39, 0.29) is 12.3 Å². The second kappa shape index (κ2) is 7.23. The molecule has 1 aliphatic heterocycles. The van der Waals surface area contributed by atoms with Gasteiger partial charge in [0.2, 0.25) is 5.91 Å². The lowest BCUT2D eigenvalue weighted by molar-refractivity contribution is -0.160. The molecule has 1 N–H and O–H groups in total. The third-order valence-electron chi connectivity index (χ3n) is 4.32. The number of cyclic esters (lactones) is 1. The van der Waals surface area contributed by atoms with Gasteiger partial charge in [0.25, 0.3) is 0 Å². The molecule has 0 spiro atoms. The summed E-state index contributed by atoms with van der Waals surface area (Å²) < 4.78 is 45.0. The van der Waals surface area contributed by atoms with Crippen LogP contribution in [-0.4, -0.2) is 40.7 Å². The molecule has 5 nitrogen and oxygen atoms in total. The standard InChI is InChI=1S/C18H17F3N2O3/c19-18(20,21)14(15-7-4-8-22-15)10-16(24)23-13(11-26-17(23)25)9-12-5-2-1-3-6-12/h1-8,13-14,22H,9-11H2/t13-,14+/m0/s1. The number of carbonyl (C=O) groups excluding carboxylic acids is 2. The normalized spacial score (nSPS) is 18.7. The maximum atomic E-state index is 13.4. The lowest BCUT2D eigenvalue weighted by atomic mass is 9.99. The van der Waals surface area contributed by atoms with Crippen molar-refractivity contribution in [1.82, 2.24) is 9.88 Å². The van der Waals surface area contributed by atoms with Gasteiger partial charge in [-0.2, -0.15) is 13.2 Å². The number of aromatic nitrogens is 1. The molecule has 2 amide bonds. The van der Waals surface area contributed by atoms with E-state index in [9.17, 15) is 22.8 Å². The molecule has 0 saturated carbocycles. The van der Waals surface area contributed by atoms with Crippen molar-refractivity contribution >= 4 is 12.0 Å². The Morgan fingerprint density at radius 1 is 1.23 bits per heavy atom. The Kier molecular flexibility index (Phi) is 5.01. The molecule has 0 radical (unpaired) electrons. The number of carbonyl (C=O) groups is 2. The number of ether oxygens (including phenoxy) is 1. The Bertz CT molecular complexity index is 760. The van der Waals surface area contributed by atoms with Crippen LogP contribution < -0.4 is 0 Å². The van der Waals surface area contributed by atoms with Crippen molar-refractivity contribution in [1.29, 1.82) is 0 Å². The summed E-state index contributed by atoms with van der Waals surface area (Å²) in [6, 6.07) is 11.2. The van der Waals surface area contributed by atoms with Gasteiger partial charge >= 0.3 is 12.3 Å². The first-order chi connectivity index (χ1) is 12.4. The molecule has 2 heterocycles. The van der Waals surface area contributed by atoms with Gasteiger partial charge in [-0.1, -0.05) is 30.3 Å². The Hall–Kier alpha value is -2.77. The maximum absolute atomic E-state index is 13.4. The highest BCUT2D eigenvalue weighted by Gasteiger charge is 2.46. The number of H-pyrrole nitrogens is 1. The zero-order valence-electron chi connectivity index (χ0n) is 13.7. The number of nitrogens with one attached hydrogen (secondary N) is 1. The molecule has 0 bridgehead atoms. The van der Waals surface area contributed by atoms with Crippen molar-refractivity contribution in [2.24, 2.45) is 0 Å². The van der Waals surface area contributed by atoms with Gasteiger partial charge in [-0.15, -0.1) is 0 Å². The van der Waals surface area contributed by atoms with Gasteiger partial charge in [-0.05, 0) is 24.1 Å². The Labute approximate surface area is 147 Å². The minimum Gasteiger partial charge on any atom is -0.447 e. The molecule has 26 heavy (non-hydrogen) atoms. The van der Waals surface area contributed by atoms with Crippen molar-refractivity contribution in [3.8, 4) is 0 Å². The van der Waals surface area contributed by atoms with Crippen LogP contribution in [0.4, 0.5) is 18.0 Å². The zero-order chi connectivity index (χ0) is 18.7. The van der Waals surface area contributed by atoms with Crippen LogP contribution in [0, 0.1) is 0 Å². The lowest BCUT2D eigenvalue weighted by Gasteiger charge is -2.24. The molecule has 8 heteroatoms. The Morgan fingerprint density at radius 2 is 1.96 bits per heavy atom. The Balaban J connectivity index is 1.76. The summed E-state index contributed by atoms with van der Waals surface area (Å²) >= 11 is 0. The molecule has 1 aromatic heterocycles. The zero-order valence-corrected chi connectivity index (χ0v) is 13.7. The maximum Gasteiger partial charge on any atom is 0.416 e. The SMILES string of the molecule is O=C(C[C@H](c1ccc[nH]1)C(F)(F)F)N1C(=O)OC[C@@H]1Cc1ccccc1. The third kappa shape index (κ3) is 3.89. The molecule has 1 aromatic carbocycles. The first-order valence-corrected chi connectivity index (χ1v) is 8.09. The molecule has 2 atom stereocenters. The van der Waals surface area contributed by atoms with Gasteiger partial charge in [-0.25, -0.2) is 9.69 Å². The van der Waals surface area contributed by atoms with Gasteiger partial charge in [0.05, 0.1) is 6.04 Å². The summed E-state index contributed by atoms with van der Waals surface area (Å²) in [4.78, 5) is 27.8. The number of hydrogen-bond acceptors (Lipinski definition) is 3. The monoisotopic (exact) mass is 366 g/mol. The molecule has 0 unspecified atom stereocenters. The smallest absolute Gasteiger partial charge is 0.416 e. The predicted octanol–water partition coefficient (Wildman–Crippen LogP) is 3.64. The van der Waals surface area contributed by atoms with Crippen LogP contribution in [0.5, 0.6) is 0 Å². The lowest BCUT2D eigenvalue weighted by Crippen LogP contribution is -2.42. The van der Waals surface area contributed by atoms with Crippen LogP contribution in [-0.2, 0) is 16.0 Å². The number of hydrogen-bond donors (Lipinski definition) is 1. The van der Waals surface area contributed by atoms with Crippen LogP contribution in [0.3, 0.4) is 0 Å². The molecule has 1 fully saturated rings. The van der Waals surface area contributed by atoms with Crippen LogP contribution in [0.25, 0.3) is 0 Å². The van der Waals surface area contributed by atoms with Crippen molar-refractivity contribution in [3.63, 3.8) is 0 Å². The molecular formula is C18H17F3N2O3. The molecule has 1 aliphatic rings. The summed E-state index contributed by atoms with van der Waals surface area (Å²) in [6.07, 6.45) is -4.68. The fourth-order valence-corrected chi connectivity index (χ4v) is 3.04. The first-order valence-electron chi connectivity index (χ1n) is 8.09. The van der Waals surface area contributed by atoms with Gasteiger partial charge < -0.3 is 9.72 Å². The number of amides is 2. The highest BCUT2D eigenvalue weighted by Crippen LogP contribution is 2.37. The molecule has 1 saturated heterocycles. The van der Waals surface area contributed by atoms with E-state index < -0.39 is 36.6 Å². The summed E-state index contributed by atoms with van der Waals surface area (Å²) in [6.45, 7) is -0.0291. The molecule has 138 valence electrons. The van der Waals surface area contributed by atoms with E-state index in [0.29, 0.717) is 6.42 Å². The van der Waals surface area contributed by atoms with E-state index in [0.717, 1.165) is 10.5 Å². The van der Waals surface area contributed by atoms with Gasteiger partial charge in [-0.3, -0.25) is 4.79 Å². The number of imide groups is 1. The summed E-state index contributed by atoms with van der Waals surface area (Å²) in [5.74, 6) is -2.90. The number of benzene rings is 1. The van der Waals surface area contributed by atoms with Gasteiger partial charge in [0.15, 0.2) is 0 Å². The number of rotatable bonds is 5. The molecule has 3 rings (SSSR count). The van der Waals surface area contributed by atoms with Gasteiger partial charge in [0.1, 0.15) is 12.5 Å². The van der Waals surface area contributed by atoms with Crippen LogP contribution >= 0.6 is 0 Å². The highest BCUT2D eigenvalue weighted by atomic mass is 19.4. The van der Waals surface area contributed by atoms with E-state index in [1.807, 2.05) is 30.3 Å². The molecular weight excluding hydrogens is 349 g/mol. The summed E-state index contributed by atoms with van der Waals surface area (Å²) in [7, 11) is 0. The van der Waals surface area contributed by atoms with Gasteiger partial charge in [0, 0.05) is 18.3 Å². The fraction of sp³-hybridized carbons (Fsp3) is 0.333. The molecule has 2 aromatic rings. The van der Waals surface area contributed by atoms with Crippen molar-refractivity contribution in [3.05, 3.63) is 59.9 Å². The van der Waals surface area contributed by atoms with E-state index in [4.69, 9.17) is 4.74 Å². The average molecular weight is 366 g/mol. The van der Waals surface area contributed by atoms with E-state index in [2.05, 4.69) is 4.98 Å². The van der Waals surface area contributed by atoms with Crippen molar-refractivity contribution < 1.29 is 27.5 Å². The van der Waals surface area contributed by atoms with Crippen LogP contribution in [0.15, 0.2) is 48.7 Å². The minimum atomic E-state index is -4.61. The second-order valence-corrected chi connectivity index (χ2v) is 6.11. The number of aromatic amines is 1. The number of alkyl halides is 3. The highest BCUT2D eigenvalue weighted by molar-refractivity contribution is 5.94. The topological polar surface area (TPSA) is 62.4 Å². The predicted molar refractivity (Wildman–Crippen MR) is 86.3 cm³/mol.